The Kier molecular flexibility index (Phi) is 5.76. The molecule has 1 aromatic carbocycles. The van der Waals surface area contributed by atoms with Gasteiger partial charge in [0.15, 0.2) is 12.0 Å². The van der Waals surface area contributed by atoms with Crippen LogP contribution in [0.4, 0.5) is 4.79 Å². The summed E-state index contributed by atoms with van der Waals surface area (Å²) in [6.45, 7) is 5.48. The molecule has 2 atom stereocenters. The van der Waals surface area contributed by atoms with Crippen LogP contribution in [0, 0.1) is 0 Å². The van der Waals surface area contributed by atoms with Crippen molar-refractivity contribution in [2.75, 3.05) is 13.2 Å². The number of rotatable bonds is 4. The molecule has 2 heterocycles. The molecule has 0 aliphatic carbocycles. The van der Waals surface area contributed by atoms with E-state index in [9.17, 15) is 4.79 Å². The summed E-state index contributed by atoms with van der Waals surface area (Å²) in [5, 5.41) is 0. The number of hydrogen-bond donors (Lipinski definition) is 0. The van der Waals surface area contributed by atoms with Crippen molar-refractivity contribution in [3.8, 4) is 0 Å². The summed E-state index contributed by atoms with van der Waals surface area (Å²) in [5.41, 5.74) is 1.16. The quantitative estimate of drug-likeness (QED) is 0.766. The molecule has 1 aromatic rings. The van der Waals surface area contributed by atoms with Crippen molar-refractivity contribution in [2.24, 2.45) is 0 Å². The molecule has 0 N–H and O–H groups in total. The first-order valence-electron chi connectivity index (χ1n) is 9.04. The molecular weight excluding hydrogens is 318 g/mol. The Morgan fingerprint density at radius 2 is 2.12 bits per heavy atom. The van der Waals surface area contributed by atoms with Crippen LogP contribution in [0.5, 0.6) is 0 Å². The van der Waals surface area contributed by atoms with E-state index in [2.05, 4.69) is 6.08 Å². The van der Waals surface area contributed by atoms with Gasteiger partial charge in [0.05, 0.1) is 0 Å². The lowest BCUT2D eigenvalue weighted by atomic mass is 9.98. The molecule has 1 fully saturated rings. The maximum absolute atomic E-state index is 12.7. The Labute approximate surface area is 149 Å². The fourth-order valence-electron chi connectivity index (χ4n) is 3.31. The van der Waals surface area contributed by atoms with E-state index in [0.717, 1.165) is 36.8 Å². The zero-order valence-electron chi connectivity index (χ0n) is 15.1. The molecule has 3 rings (SSSR count). The highest BCUT2D eigenvalue weighted by Gasteiger charge is 2.43. The average Bonchev–Trinajstić information content (AvgIpc) is 2.64. The molecule has 0 bridgehead atoms. The number of nitrogens with zero attached hydrogens (tertiary/aromatic N) is 1. The summed E-state index contributed by atoms with van der Waals surface area (Å²) in [4.78, 5) is 14.4. The minimum absolute atomic E-state index is 0.259. The van der Waals surface area contributed by atoms with Crippen molar-refractivity contribution in [1.29, 1.82) is 0 Å². The maximum atomic E-state index is 12.7. The van der Waals surface area contributed by atoms with Gasteiger partial charge in [0.25, 0.3) is 0 Å². The van der Waals surface area contributed by atoms with Crippen LogP contribution in [0.2, 0.25) is 0 Å². The Morgan fingerprint density at radius 3 is 2.84 bits per heavy atom. The van der Waals surface area contributed by atoms with Gasteiger partial charge in [-0.05, 0) is 50.7 Å². The minimum atomic E-state index is -0.825. The highest BCUT2D eigenvalue weighted by molar-refractivity contribution is 5.69. The second-order valence-corrected chi connectivity index (χ2v) is 6.76. The number of benzene rings is 1. The lowest BCUT2D eigenvalue weighted by Crippen LogP contribution is -2.56. The van der Waals surface area contributed by atoms with Gasteiger partial charge in [0.1, 0.15) is 6.61 Å². The monoisotopic (exact) mass is 345 g/mol. The van der Waals surface area contributed by atoms with E-state index in [0.29, 0.717) is 13.2 Å². The smallest absolute Gasteiger partial charge is 0.412 e. The second kappa shape index (κ2) is 8.02. The van der Waals surface area contributed by atoms with Crippen LogP contribution in [-0.4, -0.2) is 36.2 Å². The first kappa shape index (κ1) is 18.0. The largest absolute Gasteiger partial charge is 0.444 e. The zero-order chi connectivity index (χ0) is 17.7. The lowest BCUT2D eigenvalue weighted by Gasteiger charge is -2.45. The highest BCUT2D eigenvalue weighted by Crippen LogP contribution is 2.34. The zero-order valence-corrected chi connectivity index (χ0v) is 15.1. The molecular formula is C20H27NO4. The van der Waals surface area contributed by atoms with Crippen molar-refractivity contribution in [2.45, 2.75) is 58.2 Å². The van der Waals surface area contributed by atoms with Crippen LogP contribution in [0.3, 0.4) is 0 Å². The van der Waals surface area contributed by atoms with Gasteiger partial charge in [0, 0.05) is 13.2 Å². The molecule has 2 unspecified atom stereocenters. The minimum Gasteiger partial charge on any atom is -0.444 e. The van der Waals surface area contributed by atoms with Crippen LogP contribution >= 0.6 is 0 Å². The van der Waals surface area contributed by atoms with E-state index >= 15 is 0 Å². The topological polar surface area (TPSA) is 48.0 Å². The summed E-state index contributed by atoms with van der Waals surface area (Å²) in [5.74, 6) is 0. The Morgan fingerprint density at radius 1 is 1.32 bits per heavy atom. The number of carbonyl (C=O) groups excluding carboxylic acids is 1. The van der Waals surface area contributed by atoms with Gasteiger partial charge in [-0.3, -0.25) is 4.90 Å². The predicted octanol–water partition coefficient (Wildman–Crippen LogP) is 4.23. The van der Waals surface area contributed by atoms with Crippen molar-refractivity contribution >= 4 is 6.09 Å². The summed E-state index contributed by atoms with van der Waals surface area (Å²) in [6.07, 6.45) is 5.31. The van der Waals surface area contributed by atoms with Gasteiger partial charge in [-0.2, -0.15) is 0 Å². The van der Waals surface area contributed by atoms with Crippen LogP contribution in [0.15, 0.2) is 42.0 Å². The molecule has 25 heavy (non-hydrogen) atoms. The summed E-state index contributed by atoms with van der Waals surface area (Å²) in [6, 6.07) is 9.70. The molecule has 2 aliphatic heterocycles. The third-order valence-corrected chi connectivity index (χ3v) is 4.97. The average molecular weight is 345 g/mol. The van der Waals surface area contributed by atoms with Gasteiger partial charge >= 0.3 is 6.09 Å². The van der Waals surface area contributed by atoms with E-state index in [4.69, 9.17) is 14.2 Å². The Balaban J connectivity index is 1.68. The molecule has 0 spiro atoms. The Hall–Kier alpha value is -1.85. The Bertz CT molecular complexity index is 609. The van der Waals surface area contributed by atoms with Crippen molar-refractivity contribution in [3.63, 3.8) is 0 Å². The van der Waals surface area contributed by atoms with Gasteiger partial charge in [0.2, 0.25) is 0 Å². The SMILES string of the molecule is CC1=CCCN(C(=O)OCc2ccccc2)C1(C)OC1CCCCO1. The van der Waals surface area contributed by atoms with Crippen LogP contribution in [0.25, 0.3) is 0 Å². The van der Waals surface area contributed by atoms with Crippen LogP contribution in [0.1, 0.15) is 45.1 Å². The first-order chi connectivity index (χ1) is 12.1. The highest BCUT2D eigenvalue weighted by atomic mass is 16.7. The van der Waals surface area contributed by atoms with E-state index < -0.39 is 5.72 Å². The number of ether oxygens (including phenoxy) is 3. The molecule has 0 radical (unpaired) electrons. The standard InChI is InChI=1S/C20H27NO4/c1-16-9-8-13-21(19(22)24-15-17-10-4-3-5-11-17)20(16,2)25-18-12-6-7-14-23-18/h3-5,9-11,18H,6-8,12-15H2,1-2H3. The van der Waals surface area contributed by atoms with Gasteiger partial charge in [-0.25, -0.2) is 4.79 Å². The van der Waals surface area contributed by atoms with E-state index in [1.54, 1.807) is 4.90 Å². The molecule has 0 aromatic heterocycles. The van der Waals surface area contributed by atoms with Crippen LogP contribution < -0.4 is 0 Å². The fourth-order valence-corrected chi connectivity index (χ4v) is 3.31. The molecule has 136 valence electrons. The fraction of sp³-hybridized carbons (Fsp3) is 0.550. The number of carbonyl (C=O) groups is 1. The number of hydrogen-bond acceptors (Lipinski definition) is 4. The second-order valence-electron chi connectivity index (χ2n) is 6.76. The third kappa shape index (κ3) is 4.22. The first-order valence-corrected chi connectivity index (χ1v) is 9.04. The van der Waals surface area contributed by atoms with Gasteiger partial charge in [-0.1, -0.05) is 36.4 Å². The van der Waals surface area contributed by atoms with Crippen molar-refractivity contribution in [1.82, 2.24) is 4.90 Å². The van der Waals surface area contributed by atoms with Crippen molar-refractivity contribution < 1.29 is 19.0 Å². The predicted molar refractivity (Wildman–Crippen MR) is 94.8 cm³/mol. The lowest BCUT2D eigenvalue weighted by molar-refractivity contribution is -0.245. The van der Waals surface area contributed by atoms with Crippen LogP contribution in [-0.2, 0) is 20.8 Å². The summed E-state index contributed by atoms with van der Waals surface area (Å²) < 4.78 is 17.5. The van der Waals surface area contributed by atoms with Crippen molar-refractivity contribution in [3.05, 3.63) is 47.5 Å². The van der Waals surface area contributed by atoms with E-state index in [1.165, 1.54) is 0 Å². The molecule has 5 heteroatoms. The third-order valence-electron chi connectivity index (χ3n) is 4.97. The molecule has 2 aliphatic rings. The molecule has 1 saturated heterocycles. The maximum Gasteiger partial charge on any atom is 0.412 e. The molecule has 5 nitrogen and oxygen atoms in total. The number of amides is 1. The van der Waals surface area contributed by atoms with E-state index in [-0.39, 0.29) is 19.0 Å². The molecule has 0 saturated carbocycles. The normalized spacial score (nSPS) is 26.9. The summed E-state index contributed by atoms with van der Waals surface area (Å²) >= 11 is 0. The van der Waals surface area contributed by atoms with Gasteiger partial charge < -0.3 is 14.2 Å². The summed E-state index contributed by atoms with van der Waals surface area (Å²) in [7, 11) is 0. The van der Waals surface area contributed by atoms with Gasteiger partial charge in [-0.15, -0.1) is 0 Å². The molecule has 1 amide bonds. The van der Waals surface area contributed by atoms with E-state index in [1.807, 2.05) is 44.2 Å².